The number of rotatable bonds is 4. The van der Waals surface area contributed by atoms with E-state index in [0.29, 0.717) is 0 Å². The van der Waals surface area contributed by atoms with Gasteiger partial charge < -0.3 is 4.74 Å². The minimum Gasteiger partial charge on any atom is -0.497 e. The molecule has 0 fully saturated rings. The molecule has 104 valence electrons. The first-order chi connectivity index (χ1) is 9.51. The molecule has 2 aromatic rings. The second kappa shape index (κ2) is 7.81. The Morgan fingerprint density at radius 1 is 1.00 bits per heavy atom. The predicted molar refractivity (Wildman–Crippen MR) is 85.9 cm³/mol. The van der Waals surface area contributed by atoms with E-state index in [0.717, 1.165) is 27.7 Å². The fourth-order valence-electron chi connectivity index (χ4n) is 2.41. The van der Waals surface area contributed by atoms with Crippen LogP contribution < -0.4 is 28.9 Å². The molecule has 0 saturated heterocycles. The first-order valence-electron chi connectivity index (χ1n) is 6.54. The molecule has 0 spiro atoms. The van der Waals surface area contributed by atoms with Crippen LogP contribution in [0.15, 0.2) is 36.4 Å². The zero-order chi connectivity index (χ0) is 14.7. The smallest absolute Gasteiger partial charge is 0.497 e. The van der Waals surface area contributed by atoms with Crippen LogP contribution in [0, 0.1) is 20.8 Å². The van der Waals surface area contributed by atoms with Crippen molar-refractivity contribution in [3.05, 3.63) is 58.7 Å². The molecule has 0 bridgehead atoms. The van der Waals surface area contributed by atoms with E-state index >= 15 is 0 Å². The summed E-state index contributed by atoms with van der Waals surface area (Å²) in [6, 6.07) is 11.8. The summed E-state index contributed by atoms with van der Waals surface area (Å²) in [6.45, 7) is 6.07. The molecule has 0 radical (unpaired) electrons. The van der Waals surface area contributed by atoms with Crippen molar-refractivity contribution in [3.8, 4) is 5.75 Å². The van der Waals surface area contributed by atoms with Crippen LogP contribution in [0.5, 0.6) is 5.75 Å². The Morgan fingerprint density at radius 3 is 2.00 bits per heavy atom. The molecule has 0 heterocycles. The third-order valence-electron chi connectivity index (χ3n) is 3.25. The van der Waals surface area contributed by atoms with Crippen LogP contribution in [0.4, 0.5) is 0 Å². The van der Waals surface area contributed by atoms with Gasteiger partial charge in [-0.05, 0) is 57.9 Å². The first kappa shape index (κ1) is 18.0. The van der Waals surface area contributed by atoms with Gasteiger partial charge in [0, 0.05) is 5.56 Å². The molecule has 1 atom stereocenters. The van der Waals surface area contributed by atoms with E-state index in [1.165, 1.54) is 5.56 Å². The summed E-state index contributed by atoms with van der Waals surface area (Å²) in [6.07, 6.45) is 0. The fraction of sp³-hybridized carbons (Fsp3) is 0.235. The minimum absolute atomic E-state index is 0. The summed E-state index contributed by atoms with van der Waals surface area (Å²) in [5.41, 5.74) is 4.39. The van der Waals surface area contributed by atoms with Crippen LogP contribution in [0.3, 0.4) is 0 Å². The van der Waals surface area contributed by atoms with Crippen LogP contribution in [-0.2, 0) is 0 Å². The molecule has 4 heteroatoms. The van der Waals surface area contributed by atoms with Gasteiger partial charge in [-0.15, -0.1) is 0 Å². The van der Waals surface area contributed by atoms with Crippen LogP contribution in [-0.4, -0.2) is 12.6 Å². The number of benzene rings is 2. The third kappa shape index (κ3) is 4.45. The van der Waals surface area contributed by atoms with Crippen molar-refractivity contribution in [3.63, 3.8) is 0 Å². The molecule has 2 rings (SSSR count). The Labute approximate surface area is 140 Å². The standard InChI is InChI=1S/C17H19O2P.Li/c1-11-9-12(2)16(13(3)10-11)17(18)20-15-7-5-14(19-4)6-8-15;/h5-10,20H,1-4H3;/q;+1. The molecule has 0 aliphatic rings. The van der Waals surface area contributed by atoms with E-state index < -0.39 is 0 Å². The number of aryl methyl sites for hydroxylation is 3. The second-order valence-electron chi connectivity index (χ2n) is 4.96. The van der Waals surface area contributed by atoms with Crippen molar-refractivity contribution in [1.29, 1.82) is 0 Å². The molecule has 1 unspecified atom stereocenters. The number of carbonyl (C=O) groups excluding carboxylic acids is 1. The average molecular weight is 293 g/mol. The molecule has 0 amide bonds. The van der Waals surface area contributed by atoms with E-state index in [4.69, 9.17) is 4.74 Å². The maximum absolute atomic E-state index is 12.5. The van der Waals surface area contributed by atoms with E-state index in [2.05, 4.69) is 19.1 Å². The normalized spacial score (nSPS) is 10.5. The quantitative estimate of drug-likeness (QED) is 0.615. The number of hydrogen-bond donors (Lipinski definition) is 0. The number of methoxy groups -OCH3 is 1. The molecule has 2 nitrogen and oxygen atoms in total. The molecule has 0 saturated carbocycles. The maximum Gasteiger partial charge on any atom is 1.00 e. The first-order valence-corrected chi connectivity index (χ1v) is 7.54. The molecule has 0 aromatic heterocycles. The van der Waals surface area contributed by atoms with Gasteiger partial charge in [0.15, 0.2) is 5.52 Å². The zero-order valence-electron chi connectivity index (χ0n) is 13.3. The van der Waals surface area contributed by atoms with E-state index in [1.807, 2.05) is 38.1 Å². The van der Waals surface area contributed by atoms with Crippen LogP contribution in [0.2, 0.25) is 0 Å². The van der Waals surface area contributed by atoms with Gasteiger partial charge >= 0.3 is 18.9 Å². The molecule has 21 heavy (non-hydrogen) atoms. The molecular weight excluding hydrogens is 274 g/mol. The van der Waals surface area contributed by atoms with Crippen LogP contribution in [0.1, 0.15) is 27.0 Å². The third-order valence-corrected chi connectivity index (χ3v) is 4.35. The van der Waals surface area contributed by atoms with Crippen molar-refractivity contribution < 1.29 is 28.4 Å². The monoisotopic (exact) mass is 293 g/mol. The van der Waals surface area contributed by atoms with Gasteiger partial charge in [0.25, 0.3) is 0 Å². The predicted octanol–water partition coefficient (Wildman–Crippen LogP) is 0.769. The Kier molecular flexibility index (Phi) is 6.69. The average Bonchev–Trinajstić information content (AvgIpc) is 2.38. The Morgan fingerprint density at radius 2 is 1.52 bits per heavy atom. The molecule has 0 aliphatic carbocycles. The summed E-state index contributed by atoms with van der Waals surface area (Å²) in [4.78, 5) is 12.5. The van der Waals surface area contributed by atoms with Gasteiger partial charge in [-0.1, -0.05) is 29.8 Å². The SMILES string of the molecule is COc1ccc(PC(=O)c2c(C)cc(C)cc2C)cc1.[Li+]. The minimum atomic E-state index is 0. The van der Waals surface area contributed by atoms with Gasteiger partial charge in [0.1, 0.15) is 5.75 Å². The Hall–Kier alpha value is -1.06. The van der Waals surface area contributed by atoms with E-state index in [1.54, 1.807) is 7.11 Å². The number of ether oxygens (including phenoxy) is 1. The summed E-state index contributed by atoms with van der Waals surface area (Å²) >= 11 is 0. The molecule has 0 N–H and O–H groups in total. The second-order valence-corrected chi connectivity index (χ2v) is 6.24. The van der Waals surface area contributed by atoms with Gasteiger partial charge in [-0.25, -0.2) is 0 Å². The zero-order valence-corrected chi connectivity index (χ0v) is 14.3. The largest absolute Gasteiger partial charge is 1.00 e. The van der Waals surface area contributed by atoms with Gasteiger partial charge in [0.05, 0.1) is 7.11 Å². The molecule has 0 aliphatic heterocycles. The summed E-state index contributed by atoms with van der Waals surface area (Å²) in [5, 5.41) is 1.04. The van der Waals surface area contributed by atoms with Gasteiger partial charge in [-0.2, -0.15) is 0 Å². The van der Waals surface area contributed by atoms with E-state index in [-0.39, 0.29) is 33.0 Å². The fourth-order valence-corrected chi connectivity index (χ4v) is 3.52. The summed E-state index contributed by atoms with van der Waals surface area (Å²) < 4.78 is 5.13. The number of carbonyl (C=O) groups is 1. The summed E-state index contributed by atoms with van der Waals surface area (Å²) in [7, 11) is 1.79. The van der Waals surface area contributed by atoms with Gasteiger partial charge in [-0.3, -0.25) is 4.79 Å². The molecule has 2 aromatic carbocycles. The van der Waals surface area contributed by atoms with E-state index in [9.17, 15) is 4.79 Å². The summed E-state index contributed by atoms with van der Waals surface area (Å²) in [5.74, 6) is 0.814. The van der Waals surface area contributed by atoms with Crippen molar-refractivity contribution >= 4 is 19.4 Å². The van der Waals surface area contributed by atoms with Crippen LogP contribution in [0.25, 0.3) is 0 Å². The van der Waals surface area contributed by atoms with Crippen molar-refractivity contribution in [2.24, 2.45) is 0 Å². The van der Waals surface area contributed by atoms with Crippen molar-refractivity contribution in [2.75, 3.05) is 7.11 Å². The maximum atomic E-state index is 12.5. The molecular formula is C17H19LiO2P+. The van der Waals surface area contributed by atoms with Gasteiger partial charge in [0.2, 0.25) is 0 Å². The topological polar surface area (TPSA) is 26.3 Å². The van der Waals surface area contributed by atoms with Crippen molar-refractivity contribution in [1.82, 2.24) is 0 Å². The Balaban J connectivity index is 0.00000220. The number of hydrogen-bond acceptors (Lipinski definition) is 2. The Bertz CT molecular complexity index is 613. The van der Waals surface area contributed by atoms with Crippen molar-refractivity contribution in [2.45, 2.75) is 20.8 Å². The van der Waals surface area contributed by atoms with Crippen LogP contribution >= 0.6 is 8.58 Å².